The van der Waals surface area contributed by atoms with Crippen molar-refractivity contribution in [3.8, 4) is 0 Å². The number of nitrogens with one attached hydrogen (secondary N) is 1. The van der Waals surface area contributed by atoms with Crippen LogP contribution in [0.15, 0.2) is 59.7 Å². The average Bonchev–Trinajstić information content (AvgIpc) is 2.69. The van der Waals surface area contributed by atoms with E-state index in [1.165, 1.54) is 15.5 Å². The maximum Gasteiger partial charge on any atom is 0.270 e. The summed E-state index contributed by atoms with van der Waals surface area (Å²) in [5.74, 6) is -0.887. The van der Waals surface area contributed by atoms with Gasteiger partial charge in [0.05, 0.1) is 0 Å². The van der Waals surface area contributed by atoms with E-state index in [4.69, 9.17) is 11.6 Å². The number of carbonyl (C=O) groups is 2. The van der Waals surface area contributed by atoms with Crippen LogP contribution in [0.3, 0.4) is 0 Å². The largest absolute Gasteiger partial charge is 0.352 e. The van der Waals surface area contributed by atoms with Gasteiger partial charge in [0.1, 0.15) is 17.3 Å². The van der Waals surface area contributed by atoms with E-state index in [0.717, 1.165) is 0 Å². The molecule has 27 heavy (non-hydrogen) atoms. The van der Waals surface area contributed by atoms with E-state index in [1.807, 2.05) is 0 Å². The van der Waals surface area contributed by atoms with Crippen LogP contribution < -0.4 is 10.9 Å². The van der Waals surface area contributed by atoms with Gasteiger partial charge in [0, 0.05) is 36.1 Å². The summed E-state index contributed by atoms with van der Waals surface area (Å²) in [7, 11) is 0. The number of pyridine rings is 1. The van der Waals surface area contributed by atoms with Crippen LogP contribution >= 0.6 is 11.6 Å². The molecule has 2 amide bonds. The minimum Gasteiger partial charge on any atom is -0.352 e. The Balaban J connectivity index is 1.80. The molecule has 7 nitrogen and oxygen atoms in total. The van der Waals surface area contributed by atoms with Crippen LogP contribution in [0.1, 0.15) is 22.0 Å². The second-order valence-corrected chi connectivity index (χ2v) is 6.53. The van der Waals surface area contributed by atoms with Crippen molar-refractivity contribution in [1.29, 1.82) is 0 Å². The highest BCUT2D eigenvalue weighted by atomic mass is 35.5. The normalized spacial score (nSPS) is 17.0. The summed E-state index contributed by atoms with van der Waals surface area (Å²) in [5.41, 5.74) is 0.386. The first-order valence-electron chi connectivity index (χ1n) is 8.37. The fourth-order valence-electron chi connectivity index (χ4n) is 3.22. The van der Waals surface area contributed by atoms with Gasteiger partial charge in [-0.2, -0.15) is 0 Å². The third-order valence-corrected chi connectivity index (χ3v) is 4.86. The Bertz CT molecular complexity index is 1110. The molecule has 1 N–H and O–H groups in total. The first-order valence-corrected chi connectivity index (χ1v) is 8.75. The molecule has 0 bridgehead atoms. The zero-order chi connectivity index (χ0) is 19.0. The molecule has 3 heterocycles. The van der Waals surface area contributed by atoms with Gasteiger partial charge in [0.25, 0.3) is 11.5 Å². The number of carbonyl (C=O) groups excluding carboxylic acids is 2. The maximum absolute atomic E-state index is 13.2. The van der Waals surface area contributed by atoms with Crippen LogP contribution in [0.25, 0.3) is 5.65 Å². The highest BCUT2D eigenvalue weighted by Gasteiger charge is 2.36. The van der Waals surface area contributed by atoms with Crippen molar-refractivity contribution in [3.05, 3.63) is 81.4 Å². The molecular formula is C19H15ClN4O3. The summed E-state index contributed by atoms with van der Waals surface area (Å²) in [6.45, 7) is 0.561. The van der Waals surface area contributed by atoms with E-state index in [0.29, 0.717) is 22.8 Å². The Kier molecular flexibility index (Phi) is 4.37. The lowest BCUT2D eigenvalue weighted by molar-refractivity contribution is -0.128. The Morgan fingerprint density at radius 1 is 1.15 bits per heavy atom. The molecule has 2 aromatic heterocycles. The number of aromatic nitrogens is 2. The van der Waals surface area contributed by atoms with E-state index < -0.39 is 17.5 Å². The summed E-state index contributed by atoms with van der Waals surface area (Å²) < 4.78 is 1.31. The summed E-state index contributed by atoms with van der Waals surface area (Å²) in [6.07, 6.45) is 2.81. The molecule has 0 spiro atoms. The van der Waals surface area contributed by atoms with Crippen LogP contribution in [-0.4, -0.2) is 39.2 Å². The van der Waals surface area contributed by atoms with Crippen molar-refractivity contribution in [3.63, 3.8) is 0 Å². The predicted molar refractivity (Wildman–Crippen MR) is 99.7 cm³/mol. The van der Waals surface area contributed by atoms with Crippen molar-refractivity contribution in [2.24, 2.45) is 0 Å². The van der Waals surface area contributed by atoms with Gasteiger partial charge in [-0.25, -0.2) is 4.98 Å². The molecule has 1 fully saturated rings. The average molecular weight is 383 g/mol. The number of piperazine rings is 1. The van der Waals surface area contributed by atoms with E-state index in [9.17, 15) is 14.4 Å². The van der Waals surface area contributed by atoms with Gasteiger partial charge in [0.2, 0.25) is 5.91 Å². The topological polar surface area (TPSA) is 83.8 Å². The standard InChI is InChI=1S/C19H15ClN4O3/c20-14-6-2-1-5-12(14)16-17(25)21-8-10-24(16)19(27)13-11-22-15-7-3-4-9-23(15)18(13)26/h1-7,9,11,16H,8,10H2,(H,21,25). The summed E-state index contributed by atoms with van der Waals surface area (Å²) in [6, 6.07) is 11.1. The van der Waals surface area contributed by atoms with Crippen molar-refractivity contribution in [1.82, 2.24) is 19.6 Å². The van der Waals surface area contributed by atoms with Gasteiger partial charge in [-0.05, 0) is 18.2 Å². The fraction of sp³-hybridized carbons (Fsp3) is 0.158. The molecule has 8 heteroatoms. The van der Waals surface area contributed by atoms with Crippen LogP contribution in [0.2, 0.25) is 5.02 Å². The first-order chi connectivity index (χ1) is 13.1. The van der Waals surface area contributed by atoms with Crippen LogP contribution in [0.5, 0.6) is 0 Å². The summed E-state index contributed by atoms with van der Waals surface area (Å²) >= 11 is 6.25. The zero-order valence-electron chi connectivity index (χ0n) is 14.1. The number of nitrogens with zero attached hydrogens (tertiary/aromatic N) is 3. The number of hydrogen-bond acceptors (Lipinski definition) is 4. The molecule has 3 aromatic rings. The van der Waals surface area contributed by atoms with Crippen molar-refractivity contribution in [2.75, 3.05) is 13.1 Å². The van der Waals surface area contributed by atoms with E-state index in [2.05, 4.69) is 10.3 Å². The number of amides is 2. The van der Waals surface area contributed by atoms with Crippen molar-refractivity contribution >= 4 is 29.1 Å². The summed E-state index contributed by atoms with van der Waals surface area (Å²) in [4.78, 5) is 44.0. The van der Waals surface area contributed by atoms with Gasteiger partial charge < -0.3 is 10.2 Å². The van der Waals surface area contributed by atoms with Gasteiger partial charge in [-0.15, -0.1) is 0 Å². The van der Waals surface area contributed by atoms with Crippen LogP contribution in [0, 0.1) is 0 Å². The minimum absolute atomic E-state index is 0.0922. The highest BCUT2D eigenvalue weighted by Crippen LogP contribution is 2.30. The maximum atomic E-state index is 13.2. The fourth-order valence-corrected chi connectivity index (χ4v) is 3.46. The van der Waals surface area contributed by atoms with Crippen molar-refractivity contribution < 1.29 is 9.59 Å². The number of benzene rings is 1. The molecule has 1 saturated heterocycles. The first kappa shape index (κ1) is 17.2. The third-order valence-electron chi connectivity index (χ3n) is 4.52. The van der Waals surface area contributed by atoms with Crippen LogP contribution in [-0.2, 0) is 4.79 Å². The Hall–Kier alpha value is -3.19. The second-order valence-electron chi connectivity index (χ2n) is 6.12. The van der Waals surface area contributed by atoms with Gasteiger partial charge in [-0.1, -0.05) is 35.9 Å². The summed E-state index contributed by atoms with van der Waals surface area (Å²) in [5, 5.41) is 3.13. The van der Waals surface area contributed by atoms with Crippen LogP contribution in [0.4, 0.5) is 0 Å². The molecule has 1 aliphatic heterocycles. The monoisotopic (exact) mass is 382 g/mol. The molecule has 136 valence electrons. The molecule has 0 radical (unpaired) electrons. The molecule has 1 atom stereocenters. The SMILES string of the molecule is O=C1NCCN(C(=O)c2cnc3ccccn3c2=O)C1c1ccccc1Cl. The molecule has 0 saturated carbocycles. The van der Waals surface area contributed by atoms with E-state index >= 15 is 0 Å². The third kappa shape index (κ3) is 2.96. The smallest absolute Gasteiger partial charge is 0.270 e. The van der Waals surface area contributed by atoms with Gasteiger partial charge in [-0.3, -0.25) is 18.8 Å². The Labute approximate surface area is 159 Å². The lowest BCUT2D eigenvalue weighted by Gasteiger charge is -2.35. The molecule has 0 aliphatic carbocycles. The van der Waals surface area contributed by atoms with Gasteiger partial charge in [0.15, 0.2) is 0 Å². The minimum atomic E-state index is -0.907. The number of halogens is 1. The Morgan fingerprint density at radius 3 is 2.74 bits per heavy atom. The predicted octanol–water partition coefficient (Wildman–Crippen LogP) is 1.66. The number of hydrogen-bond donors (Lipinski definition) is 1. The van der Waals surface area contributed by atoms with E-state index in [-0.39, 0.29) is 18.0 Å². The highest BCUT2D eigenvalue weighted by molar-refractivity contribution is 6.31. The Morgan fingerprint density at radius 2 is 1.93 bits per heavy atom. The second kappa shape index (κ2) is 6.85. The molecule has 1 aromatic carbocycles. The molecule has 1 unspecified atom stereocenters. The van der Waals surface area contributed by atoms with Gasteiger partial charge >= 0.3 is 0 Å². The quantitative estimate of drug-likeness (QED) is 0.730. The molecule has 4 rings (SSSR count). The molecule has 1 aliphatic rings. The zero-order valence-corrected chi connectivity index (χ0v) is 14.9. The lowest BCUT2D eigenvalue weighted by Crippen LogP contribution is -2.53. The van der Waals surface area contributed by atoms with Crippen molar-refractivity contribution in [2.45, 2.75) is 6.04 Å². The number of fused-ring (bicyclic) bond motifs is 1. The molecular weight excluding hydrogens is 368 g/mol. The lowest BCUT2D eigenvalue weighted by atomic mass is 10.0. The number of rotatable bonds is 2. The van der Waals surface area contributed by atoms with E-state index in [1.54, 1.807) is 48.7 Å².